The van der Waals surface area contributed by atoms with E-state index in [1.165, 1.54) is 0 Å². The molecule has 2 N–H and O–H groups in total. The quantitative estimate of drug-likeness (QED) is 0.820. The van der Waals surface area contributed by atoms with Crippen LogP contribution in [0.5, 0.6) is 0 Å². The lowest BCUT2D eigenvalue weighted by molar-refractivity contribution is -0.0668. The third kappa shape index (κ3) is 2.42. The fourth-order valence-electron chi connectivity index (χ4n) is 2.31. The number of aromatic nitrogens is 1. The summed E-state index contributed by atoms with van der Waals surface area (Å²) in [7, 11) is 0. The minimum atomic E-state index is -0.276. The van der Waals surface area contributed by atoms with E-state index < -0.39 is 0 Å². The molecule has 1 aliphatic rings. The number of amides is 1. The largest absolute Gasteiger partial charge is 0.394 e. The molecular formula is C13H20N2O3. The van der Waals surface area contributed by atoms with E-state index in [9.17, 15) is 4.79 Å². The molecule has 5 heteroatoms. The Labute approximate surface area is 107 Å². The van der Waals surface area contributed by atoms with Crippen LogP contribution in [0.1, 0.15) is 28.7 Å². The number of carbonyl (C=O) groups excluding carboxylic acids is 1. The Bertz CT molecular complexity index is 441. The number of morpholine rings is 1. The maximum absolute atomic E-state index is 12.5. The second-order valence-corrected chi connectivity index (χ2v) is 4.95. The molecule has 1 aromatic heterocycles. The van der Waals surface area contributed by atoms with Crippen molar-refractivity contribution < 1.29 is 14.6 Å². The summed E-state index contributed by atoms with van der Waals surface area (Å²) >= 11 is 0. The third-order valence-electron chi connectivity index (χ3n) is 3.33. The molecule has 0 radical (unpaired) electrons. The molecule has 18 heavy (non-hydrogen) atoms. The van der Waals surface area contributed by atoms with Crippen LogP contribution >= 0.6 is 0 Å². The molecule has 1 aromatic rings. The zero-order valence-electron chi connectivity index (χ0n) is 11.1. The van der Waals surface area contributed by atoms with Crippen molar-refractivity contribution in [2.75, 3.05) is 19.8 Å². The number of aliphatic hydroxyl groups excluding tert-OH is 1. The van der Waals surface area contributed by atoms with E-state index in [-0.39, 0.29) is 24.7 Å². The van der Waals surface area contributed by atoms with Crippen molar-refractivity contribution in [2.24, 2.45) is 0 Å². The van der Waals surface area contributed by atoms with Gasteiger partial charge in [0.2, 0.25) is 0 Å². The number of aliphatic hydroxyl groups is 1. The summed E-state index contributed by atoms with van der Waals surface area (Å²) < 4.78 is 5.44. The van der Waals surface area contributed by atoms with Gasteiger partial charge in [-0.25, -0.2) is 0 Å². The number of carbonyl (C=O) groups is 1. The molecule has 1 amide bonds. The molecule has 0 aromatic carbocycles. The highest BCUT2D eigenvalue weighted by molar-refractivity contribution is 5.94. The van der Waals surface area contributed by atoms with Crippen molar-refractivity contribution in [3.63, 3.8) is 0 Å². The molecular weight excluding hydrogens is 232 g/mol. The molecule has 1 aliphatic heterocycles. The molecule has 1 fully saturated rings. The number of nitrogens with zero attached hydrogens (tertiary/aromatic N) is 1. The Balaban J connectivity index is 2.19. The summed E-state index contributed by atoms with van der Waals surface area (Å²) in [5.74, 6) is -0.0187. The Morgan fingerprint density at radius 2 is 2.33 bits per heavy atom. The lowest BCUT2D eigenvalue weighted by Gasteiger charge is -2.37. The van der Waals surface area contributed by atoms with Crippen molar-refractivity contribution in [1.82, 2.24) is 9.88 Å². The topological polar surface area (TPSA) is 65.6 Å². The van der Waals surface area contributed by atoms with Gasteiger partial charge in [0.1, 0.15) is 5.69 Å². The number of hydrogen-bond acceptors (Lipinski definition) is 3. The van der Waals surface area contributed by atoms with Gasteiger partial charge in [-0.1, -0.05) is 0 Å². The molecule has 0 saturated carbocycles. The van der Waals surface area contributed by atoms with Gasteiger partial charge >= 0.3 is 0 Å². The van der Waals surface area contributed by atoms with Gasteiger partial charge < -0.3 is 19.7 Å². The second-order valence-electron chi connectivity index (χ2n) is 4.95. The minimum Gasteiger partial charge on any atom is -0.394 e. The lowest BCUT2D eigenvalue weighted by atomic mass is 10.1. The van der Waals surface area contributed by atoms with Crippen LogP contribution in [0, 0.1) is 13.8 Å². The van der Waals surface area contributed by atoms with Gasteiger partial charge in [0.25, 0.3) is 5.91 Å². The highest BCUT2D eigenvalue weighted by atomic mass is 16.5. The number of rotatable bonds is 2. The predicted molar refractivity (Wildman–Crippen MR) is 67.6 cm³/mol. The van der Waals surface area contributed by atoms with Crippen LogP contribution in [0.25, 0.3) is 0 Å². The van der Waals surface area contributed by atoms with Gasteiger partial charge in [-0.15, -0.1) is 0 Å². The zero-order valence-corrected chi connectivity index (χ0v) is 11.1. The molecule has 0 bridgehead atoms. The van der Waals surface area contributed by atoms with E-state index in [4.69, 9.17) is 9.84 Å². The maximum atomic E-state index is 12.5. The number of hydrogen-bond donors (Lipinski definition) is 2. The average molecular weight is 252 g/mol. The first kappa shape index (κ1) is 13.1. The fourth-order valence-corrected chi connectivity index (χ4v) is 2.31. The standard InChI is InChI=1S/C13H20N2O3/c1-8-4-9(2)14-12(8)13(17)15-5-11(6-16)18-7-10(15)3/h4,10-11,14,16H,5-7H2,1-3H3/t10-,11+/m0/s1. The monoisotopic (exact) mass is 252 g/mol. The Morgan fingerprint density at radius 3 is 2.89 bits per heavy atom. The predicted octanol–water partition coefficient (Wildman–Crippen LogP) is 0.853. The number of aromatic amines is 1. The fraction of sp³-hybridized carbons (Fsp3) is 0.615. The average Bonchev–Trinajstić information content (AvgIpc) is 2.68. The van der Waals surface area contributed by atoms with Crippen LogP contribution in [0.4, 0.5) is 0 Å². The number of ether oxygens (including phenoxy) is 1. The molecule has 100 valence electrons. The van der Waals surface area contributed by atoms with Crippen molar-refractivity contribution >= 4 is 5.91 Å². The van der Waals surface area contributed by atoms with Crippen molar-refractivity contribution in [3.05, 3.63) is 23.0 Å². The van der Waals surface area contributed by atoms with Crippen LogP contribution in [0.15, 0.2) is 6.07 Å². The Kier molecular flexibility index (Phi) is 3.73. The molecule has 2 atom stereocenters. The Hall–Kier alpha value is -1.33. The minimum absolute atomic E-state index is 0.0187. The van der Waals surface area contributed by atoms with Crippen LogP contribution in [-0.2, 0) is 4.74 Å². The van der Waals surface area contributed by atoms with Gasteiger partial charge in [-0.2, -0.15) is 0 Å². The van der Waals surface area contributed by atoms with Crippen LogP contribution in [-0.4, -0.2) is 52.8 Å². The molecule has 1 saturated heterocycles. The highest BCUT2D eigenvalue weighted by Crippen LogP contribution is 2.17. The smallest absolute Gasteiger partial charge is 0.270 e. The molecule has 0 aliphatic carbocycles. The van der Waals surface area contributed by atoms with Crippen LogP contribution in [0.2, 0.25) is 0 Å². The van der Waals surface area contributed by atoms with Gasteiger partial charge in [-0.05, 0) is 32.4 Å². The van der Waals surface area contributed by atoms with Crippen molar-refractivity contribution in [2.45, 2.75) is 32.9 Å². The van der Waals surface area contributed by atoms with Gasteiger partial charge in [-0.3, -0.25) is 4.79 Å². The lowest BCUT2D eigenvalue weighted by Crippen LogP contribution is -2.52. The van der Waals surface area contributed by atoms with Crippen molar-refractivity contribution in [1.29, 1.82) is 0 Å². The van der Waals surface area contributed by atoms with E-state index in [2.05, 4.69) is 4.98 Å². The maximum Gasteiger partial charge on any atom is 0.270 e. The summed E-state index contributed by atoms with van der Waals surface area (Å²) in [5.41, 5.74) is 2.57. The highest BCUT2D eigenvalue weighted by Gasteiger charge is 2.31. The molecule has 0 unspecified atom stereocenters. The van der Waals surface area contributed by atoms with E-state index in [1.54, 1.807) is 4.90 Å². The summed E-state index contributed by atoms with van der Waals surface area (Å²) in [6, 6.07) is 1.99. The summed E-state index contributed by atoms with van der Waals surface area (Å²) in [5, 5.41) is 9.14. The first-order chi connectivity index (χ1) is 8.52. The summed E-state index contributed by atoms with van der Waals surface area (Å²) in [4.78, 5) is 17.3. The van der Waals surface area contributed by atoms with Gasteiger partial charge in [0.05, 0.1) is 25.4 Å². The summed E-state index contributed by atoms with van der Waals surface area (Å²) in [6.07, 6.45) is -0.276. The van der Waals surface area contributed by atoms with Gasteiger partial charge in [0, 0.05) is 12.2 Å². The Morgan fingerprint density at radius 1 is 1.61 bits per heavy atom. The van der Waals surface area contributed by atoms with E-state index in [1.807, 2.05) is 26.8 Å². The number of H-pyrrole nitrogens is 1. The number of nitrogens with one attached hydrogen (secondary N) is 1. The third-order valence-corrected chi connectivity index (χ3v) is 3.33. The van der Waals surface area contributed by atoms with E-state index in [0.717, 1.165) is 11.3 Å². The second kappa shape index (κ2) is 5.12. The molecule has 5 nitrogen and oxygen atoms in total. The van der Waals surface area contributed by atoms with Gasteiger partial charge in [0.15, 0.2) is 0 Å². The molecule has 2 rings (SSSR count). The first-order valence-corrected chi connectivity index (χ1v) is 6.22. The number of aryl methyl sites for hydroxylation is 2. The summed E-state index contributed by atoms with van der Waals surface area (Å²) in [6.45, 7) is 6.66. The van der Waals surface area contributed by atoms with Crippen LogP contribution in [0.3, 0.4) is 0 Å². The van der Waals surface area contributed by atoms with Crippen LogP contribution < -0.4 is 0 Å². The SMILES string of the molecule is Cc1cc(C)c(C(=O)N2C[C@H](CO)OC[C@@H]2C)[nH]1. The molecule has 0 spiro atoms. The zero-order chi connectivity index (χ0) is 13.3. The molecule has 2 heterocycles. The van der Waals surface area contributed by atoms with Crippen molar-refractivity contribution in [3.8, 4) is 0 Å². The van der Waals surface area contributed by atoms with E-state index in [0.29, 0.717) is 18.8 Å². The first-order valence-electron chi connectivity index (χ1n) is 6.22. The van der Waals surface area contributed by atoms with E-state index >= 15 is 0 Å². The normalized spacial score (nSPS) is 24.3.